The fourth-order valence-electron chi connectivity index (χ4n) is 2.61. The molecule has 0 bridgehead atoms. The van der Waals surface area contributed by atoms with E-state index in [0.717, 1.165) is 25.2 Å². The molecule has 1 atom stereocenters. The molecule has 3 rings (SSSR count). The molecule has 0 radical (unpaired) electrons. The number of nitrogens with zero attached hydrogens (tertiary/aromatic N) is 2. The second-order valence-corrected chi connectivity index (χ2v) is 6.12. The molecule has 1 aliphatic rings. The predicted octanol–water partition coefficient (Wildman–Crippen LogP) is 2.14. The number of rotatable bonds is 5. The summed E-state index contributed by atoms with van der Waals surface area (Å²) < 4.78 is 5.79. The number of nitrogens with two attached hydrogens (primary N) is 1. The van der Waals surface area contributed by atoms with Crippen molar-refractivity contribution in [3.05, 3.63) is 46.4 Å². The van der Waals surface area contributed by atoms with Crippen LogP contribution in [-0.4, -0.2) is 35.4 Å². The van der Waals surface area contributed by atoms with Crippen LogP contribution in [0, 0.1) is 5.92 Å². The third kappa shape index (κ3) is 3.28. The van der Waals surface area contributed by atoms with Crippen molar-refractivity contribution in [1.29, 1.82) is 0 Å². The smallest absolute Gasteiger partial charge is 0.257 e. The Hall–Kier alpha value is -1.92. The lowest BCUT2D eigenvalue weighted by molar-refractivity contribution is 0.0782. The van der Waals surface area contributed by atoms with E-state index < -0.39 is 0 Å². The summed E-state index contributed by atoms with van der Waals surface area (Å²) >= 11 is 1.53. The van der Waals surface area contributed by atoms with Crippen molar-refractivity contribution in [3.8, 4) is 5.75 Å². The molecule has 1 aliphatic heterocycles. The Bertz CT molecular complexity index is 630. The van der Waals surface area contributed by atoms with Gasteiger partial charge in [0.05, 0.1) is 16.8 Å². The summed E-state index contributed by atoms with van der Waals surface area (Å²) in [6, 6.07) is 7.38. The Morgan fingerprint density at radius 2 is 2.32 bits per heavy atom. The van der Waals surface area contributed by atoms with E-state index in [1.54, 1.807) is 5.51 Å². The number of carbonyl (C=O) groups excluding carboxylic acids is 1. The SMILES string of the molecule is NCC1CCN(C(=O)c2ccccc2OCc2cscn2)C1. The van der Waals surface area contributed by atoms with E-state index >= 15 is 0 Å². The summed E-state index contributed by atoms with van der Waals surface area (Å²) in [4.78, 5) is 18.7. The van der Waals surface area contributed by atoms with Crippen molar-refractivity contribution in [1.82, 2.24) is 9.88 Å². The minimum atomic E-state index is 0.0184. The summed E-state index contributed by atoms with van der Waals surface area (Å²) in [5.41, 5.74) is 8.95. The van der Waals surface area contributed by atoms with Gasteiger partial charge < -0.3 is 15.4 Å². The third-order valence-electron chi connectivity index (χ3n) is 3.88. The van der Waals surface area contributed by atoms with E-state index in [9.17, 15) is 4.79 Å². The molecule has 22 heavy (non-hydrogen) atoms. The highest BCUT2D eigenvalue weighted by molar-refractivity contribution is 7.07. The lowest BCUT2D eigenvalue weighted by Gasteiger charge is -2.18. The average Bonchev–Trinajstić information content (AvgIpc) is 3.24. The van der Waals surface area contributed by atoms with Gasteiger partial charge in [-0.3, -0.25) is 4.79 Å². The zero-order valence-corrected chi connectivity index (χ0v) is 13.1. The Balaban J connectivity index is 1.71. The summed E-state index contributed by atoms with van der Waals surface area (Å²) in [6.45, 7) is 2.50. The number of hydrogen-bond donors (Lipinski definition) is 1. The first kappa shape index (κ1) is 15.0. The van der Waals surface area contributed by atoms with E-state index in [4.69, 9.17) is 10.5 Å². The lowest BCUT2D eigenvalue weighted by Crippen LogP contribution is -2.30. The van der Waals surface area contributed by atoms with Gasteiger partial charge in [-0.2, -0.15) is 0 Å². The molecule has 0 aliphatic carbocycles. The number of para-hydroxylation sites is 1. The number of thiazole rings is 1. The summed E-state index contributed by atoms with van der Waals surface area (Å²) in [5, 5.41) is 1.94. The Morgan fingerprint density at radius 1 is 1.45 bits per heavy atom. The van der Waals surface area contributed by atoms with E-state index in [1.165, 1.54) is 11.3 Å². The topological polar surface area (TPSA) is 68.5 Å². The number of carbonyl (C=O) groups is 1. The van der Waals surface area contributed by atoms with Crippen molar-refractivity contribution < 1.29 is 9.53 Å². The van der Waals surface area contributed by atoms with Gasteiger partial charge in [0.2, 0.25) is 0 Å². The molecule has 1 unspecified atom stereocenters. The first-order valence-electron chi connectivity index (χ1n) is 7.36. The maximum absolute atomic E-state index is 12.7. The van der Waals surface area contributed by atoms with Crippen LogP contribution in [0.1, 0.15) is 22.5 Å². The quantitative estimate of drug-likeness (QED) is 0.917. The summed E-state index contributed by atoms with van der Waals surface area (Å²) in [6.07, 6.45) is 0.976. The molecular weight excluding hydrogens is 298 g/mol. The molecule has 1 aromatic carbocycles. The highest BCUT2D eigenvalue weighted by atomic mass is 32.1. The number of ether oxygens (including phenoxy) is 1. The molecule has 2 aromatic rings. The van der Waals surface area contributed by atoms with Crippen LogP contribution in [0.25, 0.3) is 0 Å². The molecule has 0 saturated carbocycles. The number of amides is 1. The van der Waals surface area contributed by atoms with Crippen LogP contribution in [0.2, 0.25) is 0 Å². The minimum Gasteiger partial charge on any atom is -0.486 e. The largest absolute Gasteiger partial charge is 0.486 e. The zero-order chi connectivity index (χ0) is 15.4. The maximum Gasteiger partial charge on any atom is 0.257 e. The van der Waals surface area contributed by atoms with Crippen LogP contribution in [0.3, 0.4) is 0 Å². The lowest BCUT2D eigenvalue weighted by atomic mass is 10.1. The van der Waals surface area contributed by atoms with E-state index in [1.807, 2.05) is 34.5 Å². The molecule has 1 fully saturated rings. The normalized spacial score (nSPS) is 17.7. The van der Waals surface area contributed by atoms with Crippen LogP contribution in [0.5, 0.6) is 5.75 Å². The Morgan fingerprint density at radius 3 is 3.05 bits per heavy atom. The van der Waals surface area contributed by atoms with Crippen molar-refractivity contribution in [3.63, 3.8) is 0 Å². The number of aromatic nitrogens is 1. The van der Waals surface area contributed by atoms with Crippen LogP contribution in [0.4, 0.5) is 0 Å². The molecule has 0 spiro atoms. The first-order valence-corrected chi connectivity index (χ1v) is 8.30. The first-order chi connectivity index (χ1) is 10.8. The fourth-order valence-corrected chi connectivity index (χ4v) is 3.15. The number of hydrogen-bond acceptors (Lipinski definition) is 5. The Kier molecular flexibility index (Phi) is 4.70. The molecule has 2 N–H and O–H groups in total. The van der Waals surface area contributed by atoms with Crippen LogP contribution >= 0.6 is 11.3 Å². The molecule has 2 heterocycles. The average molecular weight is 317 g/mol. The number of benzene rings is 1. The summed E-state index contributed by atoms with van der Waals surface area (Å²) in [7, 11) is 0. The van der Waals surface area contributed by atoms with Crippen molar-refractivity contribution >= 4 is 17.2 Å². The van der Waals surface area contributed by atoms with Crippen LogP contribution in [0.15, 0.2) is 35.2 Å². The van der Waals surface area contributed by atoms with Crippen LogP contribution < -0.4 is 10.5 Å². The standard InChI is InChI=1S/C16H19N3O2S/c17-7-12-5-6-19(8-12)16(20)14-3-1-2-4-15(14)21-9-13-10-22-11-18-13/h1-4,10-12H,5-9,17H2. The van der Waals surface area contributed by atoms with Gasteiger partial charge in [0.1, 0.15) is 12.4 Å². The Labute approximate surface area is 133 Å². The second-order valence-electron chi connectivity index (χ2n) is 5.41. The van der Waals surface area contributed by atoms with E-state index in [0.29, 0.717) is 30.4 Å². The zero-order valence-electron chi connectivity index (χ0n) is 12.3. The van der Waals surface area contributed by atoms with Gasteiger partial charge in [0.15, 0.2) is 0 Å². The molecule has 1 amide bonds. The monoisotopic (exact) mass is 317 g/mol. The highest BCUT2D eigenvalue weighted by Crippen LogP contribution is 2.24. The van der Waals surface area contributed by atoms with Crippen molar-refractivity contribution in [2.45, 2.75) is 13.0 Å². The van der Waals surface area contributed by atoms with Gasteiger partial charge in [-0.25, -0.2) is 4.98 Å². The van der Waals surface area contributed by atoms with Gasteiger partial charge in [-0.1, -0.05) is 12.1 Å². The van der Waals surface area contributed by atoms with Gasteiger partial charge in [0, 0.05) is 18.5 Å². The van der Waals surface area contributed by atoms with E-state index in [-0.39, 0.29) is 5.91 Å². The molecule has 1 aromatic heterocycles. The number of likely N-dealkylation sites (tertiary alicyclic amines) is 1. The second kappa shape index (κ2) is 6.89. The highest BCUT2D eigenvalue weighted by Gasteiger charge is 2.27. The molecule has 6 heteroatoms. The molecule has 5 nitrogen and oxygen atoms in total. The van der Waals surface area contributed by atoms with Crippen molar-refractivity contribution in [2.24, 2.45) is 11.7 Å². The predicted molar refractivity (Wildman–Crippen MR) is 86.0 cm³/mol. The van der Waals surface area contributed by atoms with Gasteiger partial charge in [-0.15, -0.1) is 11.3 Å². The van der Waals surface area contributed by atoms with Gasteiger partial charge in [-0.05, 0) is 31.0 Å². The molecule has 1 saturated heterocycles. The fraction of sp³-hybridized carbons (Fsp3) is 0.375. The molecular formula is C16H19N3O2S. The van der Waals surface area contributed by atoms with Crippen LogP contribution in [-0.2, 0) is 6.61 Å². The minimum absolute atomic E-state index is 0.0184. The van der Waals surface area contributed by atoms with Gasteiger partial charge in [0.25, 0.3) is 5.91 Å². The molecule has 116 valence electrons. The van der Waals surface area contributed by atoms with Gasteiger partial charge >= 0.3 is 0 Å². The van der Waals surface area contributed by atoms with Crippen molar-refractivity contribution in [2.75, 3.05) is 19.6 Å². The third-order valence-corrected chi connectivity index (χ3v) is 4.52. The summed E-state index contributed by atoms with van der Waals surface area (Å²) in [5.74, 6) is 1.04. The maximum atomic E-state index is 12.7. The van der Waals surface area contributed by atoms with E-state index in [2.05, 4.69) is 4.98 Å².